The largest absolute Gasteiger partial charge is 0.464 e. The Kier molecular flexibility index (Phi) is 5.07. The van der Waals surface area contributed by atoms with Crippen molar-refractivity contribution in [2.75, 3.05) is 16.8 Å². The van der Waals surface area contributed by atoms with Crippen molar-refractivity contribution in [2.24, 2.45) is 0 Å². The fourth-order valence-corrected chi connectivity index (χ4v) is 2.78. The number of hydrogen-bond donors (Lipinski definition) is 1. The lowest BCUT2D eigenvalue weighted by Crippen LogP contribution is -2.61. The molecule has 0 radical (unpaired) electrons. The molecule has 0 bridgehead atoms. The van der Waals surface area contributed by atoms with E-state index < -0.39 is 29.0 Å². The highest BCUT2D eigenvalue weighted by Crippen LogP contribution is 2.36. The molecule has 1 aliphatic heterocycles. The van der Waals surface area contributed by atoms with Crippen LogP contribution in [0.15, 0.2) is 36.5 Å². The van der Waals surface area contributed by atoms with Crippen molar-refractivity contribution in [3.63, 3.8) is 0 Å². The highest BCUT2D eigenvalue weighted by molar-refractivity contribution is 6.19. The van der Waals surface area contributed by atoms with Crippen molar-refractivity contribution < 1.29 is 23.1 Å². The van der Waals surface area contributed by atoms with Crippen LogP contribution in [0.3, 0.4) is 0 Å². The molecule has 0 saturated carbocycles. The summed E-state index contributed by atoms with van der Waals surface area (Å²) in [6, 6.07) is 5.98. The number of rotatable bonds is 5. The highest BCUT2D eigenvalue weighted by Gasteiger charge is 2.51. The van der Waals surface area contributed by atoms with Crippen molar-refractivity contribution in [2.45, 2.75) is 32.3 Å². The van der Waals surface area contributed by atoms with E-state index in [1.54, 1.807) is 12.1 Å². The lowest BCUT2D eigenvalue weighted by molar-refractivity contribution is -0.145. The van der Waals surface area contributed by atoms with Crippen LogP contribution in [0, 0.1) is 11.6 Å². The van der Waals surface area contributed by atoms with Gasteiger partial charge >= 0.3 is 0 Å². The number of hydrogen-bond acceptors (Lipinski definition) is 4. The Bertz CT molecular complexity index is 890. The molecule has 1 N–H and O–H groups in total. The number of unbranched alkanes of at least 4 members (excludes halogenated alkanes) is 1. The number of benzene rings is 1. The minimum absolute atomic E-state index is 0.240. The number of halogens is 2. The molecule has 1 aromatic heterocycles. The van der Waals surface area contributed by atoms with Crippen LogP contribution in [-0.4, -0.2) is 28.9 Å². The molecule has 1 atom stereocenters. The number of amides is 2. The maximum Gasteiger partial charge on any atom is 0.282 e. The topological polar surface area (TPSA) is 71.5 Å². The van der Waals surface area contributed by atoms with Crippen LogP contribution in [0.5, 0.6) is 5.75 Å². The van der Waals surface area contributed by atoms with Gasteiger partial charge in [-0.3, -0.25) is 14.5 Å². The van der Waals surface area contributed by atoms with Crippen molar-refractivity contribution in [1.82, 2.24) is 4.98 Å². The van der Waals surface area contributed by atoms with Crippen LogP contribution in [0.4, 0.5) is 20.3 Å². The molecule has 1 aromatic carbocycles. The number of pyridine rings is 1. The second-order valence-corrected chi connectivity index (χ2v) is 6.35. The molecular formula is C19H19F2N3O3. The highest BCUT2D eigenvalue weighted by atomic mass is 19.1. The van der Waals surface area contributed by atoms with Gasteiger partial charge in [0.1, 0.15) is 11.6 Å². The molecule has 6 nitrogen and oxygen atoms in total. The summed E-state index contributed by atoms with van der Waals surface area (Å²) in [6.07, 6.45) is 3.09. The van der Waals surface area contributed by atoms with Gasteiger partial charge in [-0.15, -0.1) is 0 Å². The van der Waals surface area contributed by atoms with Gasteiger partial charge in [-0.05, 0) is 37.6 Å². The minimum atomic E-state index is -1.91. The van der Waals surface area contributed by atoms with Crippen LogP contribution in [0.1, 0.15) is 26.7 Å². The molecule has 1 unspecified atom stereocenters. The number of fused-ring (bicyclic) bond motifs is 1. The van der Waals surface area contributed by atoms with Crippen LogP contribution in [0.2, 0.25) is 0 Å². The summed E-state index contributed by atoms with van der Waals surface area (Å²) >= 11 is 0. The van der Waals surface area contributed by atoms with E-state index in [1.807, 2.05) is 6.92 Å². The first-order chi connectivity index (χ1) is 12.9. The zero-order valence-electron chi connectivity index (χ0n) is 15.0. The van der Waals surface area contributed by atoms with Gasteiger partial charge in [-0.2, -0.15) is 0 Å². The predicted molar refractivity (Wildman–Crippen MR) is 95.5 cm³/mol. The quantitative estimate of drug-likeness (QED) is 0.814. The molecule has 3 rings (SSSR count). The SMILES string of the molecule is CCCCN1C(=O)C(C)(C(=O)Nc2ccc(F)cc2F)Oc2cccnc21. The standard InChI is InChI=1S/C19H19F2N3O3/c1-3-4-10-24-16-15(6-5-9-22-16)27-19(2,18(24)26)17(25)23-14-8-7-12(20)11-13(14)21/h5-9,11H,3-4,10H2,1-2H3,(H,23,25). The van der Waals surface area contributed by atoms with E-state index in [-0.39, 0.29) is 11.4 Å². The summed E-state index contributed by atoms with van der Waals surface area (Å²) in [5.41, 5.74) is -2.15. The van der Waals surface area contributed by atoms with Crippen LogP contribution >= 0.6 is 0 Å². The smallest absolute Gasteiger partial charge is 0.282 e. The van der Waals surface area contributed by atoms with Crippen molar-refractivity contribution >= 4 is 23.3 Å². The Hall–Kier alpha value is -3.03. The first-order valence-corrected chi connectivity index (χ1v) is 8.59. The number of carbonyl (C=O) groups is 2. The number of ether oxygens (including phenoxy) is 1. The predicted octanol–water partition coefficient (Wildman–Crippen LogP) is 3.28. The summed E-state index contributed by atoms with van der Waals surface area (Å²) in [5, 5.41) is 2.31. The van der Waals surface area contributed by atoms with E-state index in [0.717, 1.165) is 18.6 Å². The van der Waals surface area contributed by atoms with E-state index >= 15 is 0 Å². The summed E-state index contributed by atoms with van der Waals surface area (Å²) in [4.78, 5) is 31.4. The van der Waals surface area contributed by atoms with Gasteiger partial charge in [0.15, 0.2) is 11.6 Å². The molecule has 0 aliphatic carbocycles. The summed E-state index contributed by atoms with van der Waals surface area (Å²) < 4.78 is 32.6. The van der Waals surface area contributed by atoms with Gasteiger partial charge in [-0.1, -0.05) is 13.3 Å². The first kappa shape index (κ1) is 18.8. The van der Waals surface area contributed by atoms with Crippen LogP contribution in [0.25, 0.3) is 0 Å². The maximum atomic E-state index is 13.9. The number of carbonyl (C=O) groups excluding carboxylic acids is 2. The number of nitrogens with one attached hydrogen (secondary N) is 1. The Morgan fingerprint density at radius 1 is 1.33 bits per heavy atom. The molecule has 1 aliphatic rings. The van der Waals surface area contributed by atoms with Crippen molar-refractivity contribution in [1.29, 1.82) is 0 Å². The average Bonchev–Trinajstić information content (AvgIpc) is 2.64. The number of aromatic nitrogens is 1. The molecule has 0 saturated heterocycles. The molecule has 27 heavy (non-hydrogen) atoms. The normalized spacial score (nSPS) is 18.7. The third-order valence-electron chi connectivity index (χ3n) is 4.32. The fraction of sp³-hybridized carbons (Fsp3) is 0.316. The fourth-order valence-electron chi connectivity index (χ4n) is 2.78. The number of nitrogens with zero attached hydrogens (tertiary/aromatic N) is 2. The lowest BCUT2D eigenvalue weighted by atomic mass is 10.0. The molecular weight excluding hydrogens is 356 g/mol. The molecule has 142 valence electrons. The van der Waals surface area contributed by atoms with Gasteiger partial charge in [0.05, 0.1) is 5.69 Å². The van der Waals surface area contributed by atoms with Crippen LogP contribution < -0.4 is 15.0 Å². The summed E-state index contributed by atoms with van der Waals surface area (Å²) in [5.74, 6) is -2.54. The Morgan fingerprint density at radius 3 is 2.81 bits per heavy atom. The molecule has 2 aromatic rings. The van der Waals surface area contributed by atoms with Gasteiger partial charge < -0.3 is 10.1 Å². The van der Waals surface area contributed by atoms with Gasteiger partial charge in [0.2, 0.25) is 0 Å². The number of anilines is 2. The second kappa shape index (κ2) is 7.30. The maximum absolute atomic E-state index is 13.9. The van der Waals surface area contributed by atoms with E-state index in [0.29, 0.717) is 24.8 Å². The molecule has 8 heteroatoms. The third kappa shape index (κ3) is 3.47. The zero-order valence-corrected chi connectivity index (χ0v) is 15.0. The summed E-state index contributed by atoms with van der Waals surface area (Å²) in [7, 11) is 0. The van der Waals surface area contributed by atoms with E-state index in [2.05, 4.69) is 10.3 Å². The Balaban J connectivity index is 1.93. The Labute approximate surface area is 155 Å². The monoisotopic (exact) mass is 375 g/mol. The van der Waals surface area contributed by atoms with Crippen LogP contribution in [-0.2, 0) is 9.59 Å². The zero-order chi connectivity index (χ0) is 19.6. The van der Waals surface area contributed by atoms with Gasteiger partial charge in [0, 0.05) is 18.8 Å². The molecule has 0 spiro atoms. The van der Waals surface area contributed by atoms with Gasteiger partial charge in [0.25, 0.3) is 17.4 Å². The first-order valence-electron chi connectivity index (χ1n) is 8.59. The third-order valence-corrected chi connectivity index (χ3v) is 4.32. The van der Waals surface area contributed by atoms with E-state index in [9.17, 15) is 18.4 Å². The van der Waals surface area contributed by atoms with E-state index in [4.69, 9.17) is 4.74 Å². The van der Waals surface area contributed by atoms with Crippen molar-refractivity contribution in [3.8, 4) is 5.75 Å². The second-order valence-electron chi connectivity index (χ2n) is 6.35. The Morgan fingerprint density at radius 2 is 2.11 bits per heavy atom. The lowest BCUT2D eigenvalue weighted by Gasteiger charge is -2.38. The minimum Gasteiger partial charge on any atom is -0.464 e. The molecule has 2 heterocycles. The average molecular weight is 375 g/mol. The molecule has 2 amide bonds. The van der Waals surface area contributed by atoms with E-state index in [1.165, 1.54) is 18.0 Å². The van der Waals surface area contributed by atoms with Gasteiger partial charge in [-0.25, -0.2) is 13.8 Å². The molecule has 0 fully saturated rings. The summed E-state index contributed by atoms with van der Waals surface area (Å²) in [6.45, 7) is 3.67. The van der Waals surface area contributed by atoms with Crippen molar-refractivity contribution in [3.05, 3.63) is 48.2 Å².